The number of hydrogen-bond acceptors (Lipinski definition) is 4. The quantitative estimate of drug-likeness (QED) is 0.749. The van der Waals surface area contributed by atoms with Crippen LogP contribution in [0.4, 0.5) is 23.2 Å². The van der Waals surface area contributed by atoms with E-state index in [4.69, 9.17) is 11.6 Å². The maximum atomic E-state index is 13.2. The van der Waals surface area contributed by atoms with E-state index in [0.717, 1.165) is 17.8 Å². The second-order valence-electron chi connectivity index (χ2n) is 6.79. The van der Waals surface area contributed by atoms with Crippen LogP contribution in [0.5, 0.6) is 0 Å². The molecule has 1 N–H and O–H groups in total. The van der Waals surface area contributed by atoms with Gasteiger partial charge in [0, 0.05) is 25.8 Å². The number of nitrogens with zero attached hydrogens (tertiary/aromatic N) is 4. The Hall–Kier alpha value is -2.40. The molecule has 1 aromatic carbocycles. The number of halogens is 5. The first kappa shape index (κ1) is 21.3. The number of nitrogens with one attached hydrogen (secondary N) is 1. The van der Waals surface area contributed by atoms with Crippen molar-refractivity contribution in [2.45, 2.75) is 25.1 Å². The molecule has 2 aromatic rings. The van der Waals surface area contributed by atoms with E-state index in [-0.39, 0.29) is 17.5 Å². The molecule has 0 aliphatic carbocycles. The molecule has 1 aliphatic rings. The van der Waals surface area contributed by atoms with Gasteiger partial charge in [-0.1, -0.05) is 11.6 Å². The van der Waals surface area contributed by atoms with Crippen molar-refractivity contribution in [1.82, 2.24) is 19.2 Å². The largest absolute Gasteiger partial charge is 0.451 e. The number of carbonyl (C=O) groups excluding carboxylic acids is 1. The van der Waals surface area contributed by atoms with Crippen molar-refractivity contribution in [2.24, 2.45) is 7.05 Å². The average molecular weight is 436 g/mol. The van der Waals surface area contributed by atoms with Crippen LogP contribution in [0.25, 0.3) is 0 Å². The van der Waals surface area contributed by atoms with Gasteiger partial charge in [-0.2, -0.15) is 13.2 Å². The minimum Gasteiger partial charge on any atom is -0.325 e. The fourth-order valence-corrected chi connectivity index (χ4v) is 3.42. The summed E-state index contributed by atoms with van der Waals surface area (Å²) in [6.45, 7) is 0.867. The summed E-state index contributed by atoms with van der Waals surface area (Å²) in [4.78, 5) is 26.1. The molecule has 0 unspecified atom stereocenters. The van der Waals surface area contributed by atoms with Crippen molar-refractivity contribution in [2.75, 3.05) is 25.0 Å². The summed E-state index contributed by atoms with van der Waals surface area (Å²) in [7, 11) is 1.04. The van der Waals surface area contributed by atoms with Gasteiger partial charge in [0.25, 0.3) is 0 Å². The molecule has 2 heterocycles. The first-order valence-corrected chi connectivity index (χ1v) is 9.14. The van der Waals surface area contributed by atoms with Gasteiger partial charge in [-0.25, -0.2) is 13.9 Å². The van der Waals surface area contributed by atoms with Gasteiger partial charge < -0.3 is 5.32 Å². The number of alkyl halides is 3. The Morgan fingerprint density at radius 1 is 1.31 bits per heavy atom. The van der Waals surface area contributed by atoms with E-state index >= 15 is 0 Å². The maximum Gasteiger partial charge on any atom is 0.451 e. The Labute approximate surface area is 167 Å². The molecule has 12 heteroatoms. The SMILES string of the molecule is Cn1c(C(F)(F)F)nn(C2CCN(CC(=O)Nc3ccc(F)c(Cl)c3)CC2)c1=O. The zero-order valence-corrected chi connectivity index (χ0v) is 16.1. The minimum atomic E-state index is -4.71. The van der Waals surface area contributed by atoms with E-state index in [2.05, 4.69) is 10.4 Å². The molecule has 0 spiro atoms. The van der Waals surface area contributed by atoms with Crippen LogP contribution in [-0.2, 0) is 18.0 Å². The lowest BCUT2D eigenvalue weighted by Crippen LogP contribution is -2.41. The van der Waals surface area contributed by atoms with Crippen LogP contribution >= 0.6 is 11.6 Å². The van der Waals surface area contributed by atoms with Crippen molar-refractivity contribution in [1.29, 1.82) is 0 Å². The van der Waals surface area contributed by atoms with Gasteiger partial charge >= 0.3 is 11.9 Å². The predicted molar refractivity (Wildman–Crippen MR) is 97.2 cm³/mol. The van der Waals surface area contributed by atoms with Crippen LogP contribution in [0, 0.1) is 5.82 Å². The first-order chi connectivity index (χ1) is 13.6. The fraction of sp³-hybridized carbons (Fsp3) is 0.471. The Bertz CT molecular complexity index is 964. The summed E-state index contributed by atoms with van der Waals surface area (Å²) in [6, 6.07) is 3.35. The van der Waals surface area contributed by atoms with Crippen molar-refractivity contribution >= 4 is 23.2 Å². The van der Waals surface area contributed by atoms with E-state index in [0.29, 0.717) is 36.2 Å². The van der Waals surface area contributed by atoms with Gasteiger partial charge in [-0.15, -0.1) is 5.10 Å². The standard InChI is InChI=1S/C17H18ClF4N5O2/c1-25-15(17(20,21)22)24-27(16(25)29)11-4-6-26(7-5-11)9-14(28)23-10-2-3-13(19)12(18)8-10/h2-3,8,11H,4-7,9H2,1H3,(H,23,28). The van der Waals surface area contributed by atoms with Gasteiger partial charge in [0.05, 0.1) is 17.6 Å². The van der Waals surface area contributed by atoms with Crippen LogP contribution in [0.2, 0.25) is 5.02 Å². The van der Waals surface area contributed by atoms with Crippen LogP contribution < -0.4 is 11.0 Å². The third-order valence-electron chi connectivity index (χ3n) is 4.73. The molecule has 1 aliphatic heterocycles. The van der Waals surface area contributed by atoms with Crippen LogP contribution in [0.15, 0.2) is 23.0 Å². The molecule has 0 bridgehead atoms. The molecule has 3 rings (SSSR count). The number of hydrogen-bond donors (Lipinski definition) is 1. The second-order valence-corrected chi connectivity index (χ2v) is 7.20. The Kier molecular flexibility index (Phi) is 5.99. The Morgan fingerprint density at radius 2 is 1.97 bits per heavy atom. The number of piperidine rings is 1. The number of amides is 1. The minimum absolute atomic E-state index is 0.0482. The van der Waals surface area contributed by atoms with Gasteiger partial charge in [-0.3, -0.25) is 14.3 Å². The number of aromatic nitrogens is 3. The number of carbonyl (C=O) groups is 1. The summed E-state index contributed by atoms with van der Waals surface area (Å²) < 4.78 is 53.3. The molecule has 158 valence electrons. The molecular weight excluding hydrogens is 418 g/mol. The number of anilines is 1. The highest BCUT2D eigenvalue weighted by Crippen LogP contribution is 2.28. The molecule has 1 fully saturated rings. The summed E-state index contributed by atoms with van der Waals surface area (Å²) in [5, 5.41) is 5.96. The van der Waals surface area contributed by atoms with Crippen molar-refractivity contribution in [3.05, 3.63) is 45.3 Å². The zero-order valence-electron chi connectivity index (χ0n) is 15.3. The molecule has 0 atom stereocenters. The number of likely N-dealkylation sites (tertiary alicyclic amines) is 1. The van der Waals surface area contributed by atoms with E-state index < -0.39 is 29.5 Å². The molecule has 1 aromatic heterocycles. The third-order valence-corrected chi connectivity index (χ3v) is 5.02. The van der Waals surface area contributed by atoms with Crippen molar-refractivity contribution in [3.8, 4) is 0 Å². The highest BCUT2D eigenvalue weighted by atomic mass is 35.5. The molecule has 1 saturated heterocycles. The number of benzene rings is 1. The molecule has 29 heavy (non-hydrogen) atoms. The summed E-state index contributed by atoms with van der Waals surface area (Å²) in [6.07, 6.45) is -3.95. The number of rotatable bonds is 4. The fourth-order valence-electron chi connectivity index (χ4n) is 3.24. The predicted octanol–water partition coefficient (Wildman–Crippen LogP) is 2.67. The third kappa shape index (κ3) is 4.78. The lowest BCUT2D eigenvalue weighted by atomic mass is 10.1. The average Bonchev–Trinajstić information content (AvgIpc) is 2.94. The monoisotopic (exact) mass is 435 g/mol. The van der Waals surface area contributed by atoms with E-state index in [1.54, 1.807) is 0 Å². The highest BCUT2D eigenvalue weighted by Gasteiger charge is 2.39. The lowest BCUT2D eigenvalue weighted by Gasteiger charge is -2.30. The van der Waals surface area contributed by atoms with E-state index in [1.807, 2.05) is 4.90 Å². The van der Waals surface area contributed by atoms with E-state index in [9.17, 15) is 27.2 Å². The molecule has 0 radical (unpaired) electrons. The van der Waals surface area contributed by atoms with E-state index in [1.165, 1.54) is 12.1 Å². The van der Waals surface area contributed by atoms with Gasteiger partial charge in [0.2, 0.25) is 11.7 Å². The van der Waals surface area contributed by atoms with Crippen molar-refractivity contribution < 1.29 is 22.4 Å². The van der Waals surface area contributed by atoms with Crippen molar-refractivity contribution in [3.63, 3.8) is 0 Å². The molecular formula is C17H18ClF4N5O2. The topological polar surface area (TPSA) is 72.2 Å². The molecule has 7 nitrogen and oxygen atoms in total. The summed E-state index contributed by atoms with van der Waals surface area (Å²) >= 11 is 5.67. The maximum absolute atomic E-state index is 13.2. The Balaban J connectivity index is 1.57. The molecule has 0 saturated carbocycles. The van der Waals surface area contributed by atoms with Crippen LogP contribution in [-0.4, -0.2) is 44.8 Å². The van der Waals surface area contributed by atoms with Gasteiger partial charge in [-0.05, 0) is 31.0 Å². The van der Waals surface area contributed by atoms with Crippen LogP contribution in [0.3, 0.4) is 0 Å². The highest BCUT2D eigenvalue weighted by molar-refractivity contribution is 6.31. The zero-order chi connectivity index (χ0) is 21.3. The lowest BCUT2D eigenvalue weighted by molar-refractivity contribution is -0.147. The van der Waals surface area contributed by atoms with Gasteiger partial charge in [0.15, 0.2) is 0 Å². The van der Waals surface area contributed by atoms with Gasteiger partial charge in [0.1, 0.15) is 5.82 Å². The summed E-state index contributed by atoms with van der Waals surface area (Å²) in [5.41, 5.74) is -0.460. The smallest absolute Gasteiger partial charge is 0.325 e. The first-order valence-electron chi connectivity index (χ1n) is 8.76. The van der Waals surface area contributed by atoms with Crippen LogP contribution in [0.1, 0.15) is 24.7 Å². The molecule has 1 amide bonds. The normalized spacial score (nSPS) is 16.2. The summed E-state index contributed by atoms with van der Waals surface area (Å²) in [5.74, 6) is -2.16. The second kappa shape index (κ2) is 8.15. The Morgan fingerprint density at radius 3 is 2.52 bits per heavy atom.